The summed E-state index contributed by atoms with van der Waals surface area (Å²) in [5, 5.41) is 19.7. The van der Waals surface area contributed by atoms with Crippen LogP contribution in [0.4, 0.5) is 0 Å². The third kappa shape index (κ3) is 4.41. The molecule has 11 heteroatoms. The standard InChI is InChI=1S/C25H27N3O7S/c1-14(13-29)35-17(16-8-6-5-7-9-16)12-27-22-18(15(2)19(36-22)20-26-10-11-34-20)21(30)28(24(27)33)25(3,4)23(31)32/h5-11,14,17,29H,12-13H2,1-4H3,(H,31,32)/t14-,17+/m0/s1. The Labute approximate surface area is 210 Å². The highest BCUT2D eigenvalue weighted by Crippen LogP contribution is 2.36. The van der Waals surface area contributed by atoms with E-state index in [0.29, 0.717) is 21.2 Å². The summed E-state index contributed by atoms with van der Waals surface area (Å²) in [7, 11) is 0. The highest BCUT2D eigenvalue weighted by atomic mass is 32.1. The van der Waals surface area contributed by atoms with Crippen molar-refractivity contribution < 1.29 is 24.2 Å². The third-order valence-corrected chi connectivity index (χ3v) is 7.40. The number of aliphatic hydroxyl groups is 1. The molecule has 0 saturated heterocycles. The van der Waals surface area contributed by atoms with Gasteiger partial charge in [0.25, 0.3) is 5.56 Å². The zero-order valence-electron chi connectivity index (χ0n) is 20.3. The van der Waals surface area contributed by atoms with Crippen molar-refractivity contribution in [3.05, 3.63) is 74.8 Å². The minimum absolute atomic E-state index is 0.0232. The number of aliphatic hydroxyl groups excluding tert-OH is 1. The minimum atomic E-state index is -1.82. The molecule has 3 aromatic heterocycles. The van der Waals surface area contributed by atoms with Crippen molar-refractivity contribution in [3.63, 3.8) is 0 Å². The van der Waals surface area contributed by atoms with Gasteiger partial charge in [0.1, 0.15) is 22.7 Å². The number of carbonyl (C=O) groups is 1. The summed E-state index contributed by atoms with van der Waals surface area (Å²) < 4.78 is 13.7. The second-order valence-corrected chi connectivity index (χ2v) is 10.00. The Balaban J connectivity index is 2.03. The van der Waals surface area contributed by atoms with Crippen LogP contribution < -0.4 is 11.2 Å². The molecule has 10 nitrogen and oxygen atoms in total. The summed E-state index contributed by atoms with van der Waals surface area (Å²) in [6.45, 7) is 5.79. The Morgan fingerprint density at radius 2 is 1.94 bits per heavy atom. The lowest BCUT2D eigenvalue weighted by Crippen LogP contribution is -2.52. The molecular weight excluding hydrogens is 486 g/mol. The molecule has 0 fully saturated rings. The molecular formula is C25H27N3O7S. The first-order chi connectivity index (χ1) is 17.1. The predicted octanol–water partition coefficient (Wildman–Crippen LogP) is 3.15. The third-order valence-electron chi connectivity index (χ3n) is 6.09. The fraction of sp³-hybridized carbons (Fsp3) is 0.360. The molecule has 4 rings (SSSR count). The van der Waals surface area contributed by atoms with Gasteiger partial charge in [-0.3, -0.25) is 9.36 Å². The Kier molecular flexibility index (Phi) is 6.98. The van der Waals surface area contributed by atoms with E-state index in [1.165, 1.54) is 42.2 Å². The fourth-order valence-electron chi connectivity index (χ4n) is 4.02. The number of nitrogens with zero attached hydrogens (tertiary/aromatic N) is 3. The summed E-state index contributed by atoms with van der Waals surface area (Å²) in [5.41, 5.74) is -2.00. The molecule has 0 unspecified atom stereocenters. The highest BCUT2D eigenvalue weighted by molar-refractivity contribution is 7.22. The maximum absolute atomic E-state index is 13.8. The van der Waals surface area contributed by atoms with Crippen LogP contribution in [0.5, 0.6) is 0 Å². The molecule has 190 valence electrons. The first-order valence-electron chi connectivity index (χ1n) is 11.3. The molecule has 0 aliphatic rings. The van der Waals surface area contributed by atoms with Gasteiger partial charge in [0.2, 0.25) is 5.89 Å². The number of hydrogen-bond acceptors (Lipinski definition) is 8. The van der Waals surface area contributed by atoms with Crippen molar-refractivity contribution in [2.24, 2.45) is 0 Å². The number of ether oxygens (including phenoxy) is 1. The zero-order valence-corrected chi connectivity index (χ0v) is 21.1. The summed E-state index contributed by atoms with van der Waals surface area (Å²) in [5.74, 6) is -1.03. The number of aromatic nitrogens is 3. The Bertz CT molecular complexity index is 1500. The van der Waals surface area contributed by atoms with E-state index < -0.39 is 35.0 Å². The van der Waals surface area contributed by atoms with Crippen LogP contribution in [-0.4, -0.2) is 43.0 Å². The van der Waals surface area contributed by atoms with E-state index >= 15 is 0 Å². The second-order valence-electron chi connectivity index (χ2n) is 9.00. The van der Waals surface area contributed by atoms with E-state index in [1.54, 1.807) is 13.8 Å². The molecule has 0 aliphatic heterocycles. The average molecular weight is 514 g/mol. The van der Waals surface area contributed by atoms with Crippen molar-refractivity contribution in [2.75, 3.05) is 6.61 Å². The van der Waals surface area contributed by atoms with Crippen LogP contribution in [0.1, 0.15) is 38.0 Å². The van der Waals surface area contributed by atoms with Crippen LogP contribution >= 0.6 is 11.3 Å². The molecule has 3 heterocycles. The maximum atomic E-state index is 13.8. The number of hydrogen-bond donors (Lipinski definition) is 2. The SMILES string of the molecule is Cc1c(-c2ncco2)sc2c1c(=O)n(C(C)(C)C(=O)O)c(=O)n2C[C@@H](O[C@@H](C)CO)c1ccccc1. The number of benzene rings is 1. The number of carboxylic acids is 1. The van der Waals surface area contributed by atoms with Gasteiger partial charge in [-0.25, -0.2) is 19.1 Å². The fourth-order valence-corrected chi connectivity index (χ4v) is 5.26. The van der Waals surface area contributed by atoms with Gasteiger partial charge in [-0.05, 0) is 38.8 Å². The van der Waals surface area contributed by atoms with Crippen LogP contribution in [0.3, 0.4) is 0 Å². The van der Waals surface area contributed by atoms with Crippen LogP contribution in [0.25, 0.3) is 21.0 Å². The molecule has 36 heavy (non-hydrogen) atoms. The monoisotopic (exact) mass is 513 g/mol. The van der Waals surface area contributed by atoms with Crippen molar-refractivity contribution in [3.8, 4) is 10.8 Å². The number of oxazole rings is 1. The van der Waals surface area contributed by atoms with Gasteiger partial charge in [-0.1, -0.05) is 30.3 Å². The molecule has 2 atom stereocenters. The lowest BCUT2D eigenvalue weighted by Gasteiger charge is -2.26. The molecule has 0 amide bonds. The van der Waals surface area contributed by atoms with Gasteiger partial charge >= 0.3 is 11.7 Å². The van der Waals surface area contributed by atoms with E-state index in [4.69, 9.17) is 9.15 Å². The molecule has 0 bridgehead atoms. The number of aliphatic carboxylic acids is 1. The Morgan fingerprint density at radius 3 is 2.53 bits per heavy atom. The molecule has 2 N–H and O–H groups in total. The topological polar surface area (TPSA) is 137 Å². The van der Waals surface area contributed by atoms with Crippen molar-refractivity contribution in [1.82, 2.24) is 14.1 Å². The zero-order chi connectivity index (χ0) is 26.2. The van der Waals surface area contributed by atoms with Crippen LogP contribution in [0.2, 0.25) is 0 Å². The molecule has 0 saturated carbocycles. The lowest BCUT2D eigenvalue weighted by molar-refractivity contribution is -0.146. The summed E-state index contributed by atoms with van der Waals surface area (Å²) >= 11 is 1.17. The van der Waals surface area contributed by atoms with E-state index in [2.05, 4.69) is 4.98 Å². The molecule has 0 radical (unpaired) electrons. The molecule has 0 aliphatic carbocycles. The number of aryl methyl sites for hydroxylation is 1. The van der Waals surface area contributed by atoms with Crippen molar-refractivity contribution in [1.29, 1.82) is 0 Å². The molecule has 4 aromatic rings. The first kappa shape index (κ1) is 25.5. The second kappa shape index (κ2) is 9.84. The molecule has 0 spiro atoms. The highest BCUT2D eigenvalue weighted by Gasteiger charge is 2.36. The number of carboxylic acid groups (broad SMARTS) is 1. The number of fused-ring (bicyclic) bond motifs is 1. The predicted molar refractivity (Wildman–Crippen MR) is 134 cm³/mol. The van der Waals surface area contributed by atoms with Crippen LogP contribution in [0.15, 0.2) is 56.8 Å². The van der Waals surface area contributed by atoms with Gasteiger partial charge < -0.3 is 19.4 Å². The van der Waals surface area contributed by atoms with E-state index in [-0.39, 0.29) is 18.5 Å². The lowest BCUT2D eigenvalue weighted by atomic mass is 10.1. The van der Waals surface area contributed by atoms with E-state index in [0.717, 1.165) is 10.1 Å². The van der Waals surface area contributed by atoms with Gasteiger partial charge in [0.05, 0.1) is 35.7 Å². The van der Waals surface area contributed by atoms with Crippen molar-refractivity contribution in [2.45, 2.75) is 52.0 Å². The van der Waals surface area contributed by atoms with Crippen LogP contribution in [-0.2, 0) is 21.6 Å². The normalized spacial score (nSPS) is 13.7. The number of thiophene rings is 1. The minimum Gasteiger partial charge on any atom is -0.480 e. The maximum Gasteiger partial charge on any atom is 0.333 e. The smallest absolute Gasteiger partial charge is 0.333 e. The van der Waals surface area contributed by atoms with Gasteiger partial charge in [0, 0.05) is 0 Å². The Morgan fingerprint density at radius 1 is 1.25 bits per heavy atom. The summed E-state index contributed by atoms with van der Waals surface area (Å²) in [6, 6.07) is 9.19. The first-order valence-corrected chi connectivity index (χ1v) is 12.1. The largest absolute Gasteiger partial charge is 0.480 e. The molecule has 1 aromatic carbocycles. The van der Waals surface area contributed by atoms with Crippen molar-refractivity contribution >= 4 is 27.5 Å². The summed E-state index contributed by atoms with van der Waals surface area (Å²) in [4.78, 5) is 44.6. The number of rotatable bonds is 9. The summed E-state index contributed by atoms with van der Waals surface area (Å²) in [6.07, 6.45) is 1.69. The quantitative estimate of drug-likeness (QED) is 0.348. The Hall–Kier alpha value is -3.54. The van der Waals surface area contributed by atoms with Crippen LogP contribution in [0, 0.1) is 6.92 Å². The average Bonchev–Trinajstić information content (AvgIpc) is 3.49. The van der Waals surface area contributed by atoms with Gasteiger partial charge in [-0.2, -0.15) is 0 Å². The van der Waals surface area contributed by atoms with Gasteiger partial charge in [-0.15, -0.1) is 11.3 Å². The van der Waals surface area contributed by atoms with E-state index in [9.17, 15) is 24.6 Å². The van der Waals surface area contributed by atoms with Gasteiger partial charge in [0.15, 0.2) is 0 Å². The van der Waals surface area contributed by atoms with E-state index in [1.807, 2.05) is 30.3 Å².